The van der Waals surface area contributed by atoms with E-state index in [0.29, 0.717) is 5.82 Å². The van der Waals surface area contributed by atoms with Crippen LogP contribution >= 0.6 is 0 Å². The molecule has 0 bridgehead atoms. The highest BCUT2D eigenvalue weighted by molar-refractivity contribution is 5.98. The number of benzene rings is 7. The van der Waals surface area contributed by atoms with Gasteiger partial charge in [-0.2, -0.15) is 0 Å². The summed E-state index contributed by atoms with van der Waals surface area (Å²) >= 11 is 0. The van der Waals surface area contributed by atoms with E-state index in [1.165, 1.54) is 22.3 Å². The van der Waals surface area contributed by atoms with Crippen molar-refractivity contribution in [3.63, 3.8) is 0 Å². The molecule has 1 unspecified atom stereocenters. The molecule has 1 spiro atoms. The van der Waals surface area contributed by atoms with Gasteiger partial charge in [-0.25, -0.2) is 9.97 Å². The van der Waals surface area contributed by atoms with Gasteiger partial charge in [0.1, 0.15) is 11.5 Å². The molecule has 0 amide bonds. The number of hydrogen-bond donors (Lipinski definition) is 0. The van der Waals surface area contributed by atoms with Crippen LogP contribution in [0.5, 0.6) is 11.5 Å². The molecule has 0 radical (unpaired) electrons. The highest BCUT2D eigenvalue weighted by Gasteiger charge is 2.51. The van der Waals surface area contributed by atoms with Crippen LogP contribution in [0.3, 0.4) is 0 Å². The van der Waals surface area contributed by atoms with Crippen LogP contribution in [0, 0.1) is 6.92 Å². The molecular formula is C51H33N3O. The number of ether oxygens (including phenoxy) is 1. The number of nitrogens with zero attached hydrogens (tertiary/aromatic N) is 3. The summed E-state index contributed by atoms with van der Waals surface area (Å²) in [5.41, 5.74) is 14.4. The van der Waals surface area contributed by atoms with Gasteiger partial charge >= 0.3 is 0 Å². The van der Waals surface area contributed by atoms with Gasteiger partial charge < -0.3 is 4.74 Å². The number of aryl methyl sites for hydroxylation is 1. The molecule has 0 saturated heterocycles. The molecular weight excluding hydrogens is 671 g/mol. The predicted molar refractivity (Wildman–Crippen MR) is 221 cm³/mol. The normalized spacial score (nSPS) is 14.9. The zero-order valence-electron chi connectivity index (χ0n) is 30.1. The number of pyridine rings is 1. The van der Waals surface area contributed by atoms with E-state index < -0.39 is 5.41 Å². The van der Waals surface area contributed by atoms with Gasteiger partial charge in [0.15, 0.2) is 5.82 Å². The van der Waals surface area contributed by atoms with E-state index in [9.17, 15) is 0 Å². The molecule has 2 aromatic heterocycles. The van der Waals surface area contributed by atoms with Gasteiger partial charge in [0.05, 0.1) is 16.8 Å². The highest BCUT2D eigenvalue weighted by Crippen LogP contribution is 2.63. The summed E-state index contributed by atoms with van der Waals surface area (Å²) in [7, 11) is 0. The van der Waals surface area contributed by atoms with E-state index in [4.69, 9.17) is 14.7 Å². The third-order valence-corrected chi connectivity index (χ3v) is 11.4. The third-order valence-electron chi connectivity index (χ3n) is 11.4. The Kier molecular flexibility index (Phi) is 6.95. The van der Waals surface area contributed by atoms with Crippen LogP contribution in [0.2, 0.25) is 0 Å². The van der Waals surface area contributed by atoms with Gasteiger partial charge in [-0.3, -0.25) is 4.98 Å². The molecule has 0 fully saturated rings. The largest absolute Gasteiger partial charge is 0.457 e. The minimum Gasteiger partial charge on any atom is -0.457 e. The fourth-order valence-electron chi connectivity index (χ4n) is 9.00. The number of aromatic nitrogens is 3. The molecule has 9 aromatic rings. The Hall–Kier alpha value is -7.17. The minimum atomic E-state index is -0.647. The highest BCUT2D eigenvalue weighted by atomic mass is 16.5. The number of rotatable bonds is 4. The van der Waals surface area contributed by atoms with Crippen molar-refractivity contribution < 1.29 is 4.74 Å². The molecule has 4 nitrogen and oxygen atoms in total. The lowest BCUT2D eigenvalue weighted by molar-refractivity contribution is 0.436. The first-order chi connectivity index (χ1) is 27.2. The lowest BCUT2D eigenvalue weighted by Gasteiger charge is -2.39. The van der Waals surface area contributed by atoms with Crippen LogP contribution < -0.4 is 4.74 Å². The van der Waals surface area contributed by atoms with Crippen molar-refractivity contribution in [3.05, 3.63) is 210 Å². The van der Waals surface area contributed by atoms with Crippen LogP contribution in [-0.4, -0.2) is 15.0 Å². The monoisotopic (exact) mass is 703 g/mol. The molecule has 2 aliphatic rings. The Morgan fingerprint density at radius 3 is 2.04 bits per heavy atom. The lowest BCUT2D eigenvalue weighted by Crippen LogP contribution is -2.32. The maximum absolute atomic E-state index is 6.76. The molecule has 11 rings (SSSR count). The Balaban J connectivity index is 1.22. The maximum Gasteiger partial charge on any atom is 0.161 e. The SMILES string of the molecule is Cc1ncccc1-c1ccc2c(c1)C1(c3ccccc3O2)c2ccccc2-c2c(-c3cc(-c4ccccc4)nc(-c4cccc5ccccc45)n3)cccc21. The number of hydrogen-bond acceptors (Lipinski definition) is 4. The first-order valence-electron chi connectivity index (χ1n) is 18.7. The molecule has 7 aromatic carbocycles. The van der Waals surface area contributed by atoms with E-state index in [2.05, 4.69) is 176 Å². The summed E-state index contributed by atoms with van der Waals surface area (Å²) < 4.78 is 6.76. The Bertz CT molecular complexity index is 2980. The van der Waals surface area contributed by atoms with Gasteiger partial charge in [0.2, 0.25) is 0 Å². The Morgan fingerprint density at radius 1 is 0.455 bits per heavy atom. The average Bonchev–Trinajstić information content (AvgIpc) is 3.54. The molecule has 3 heterocycles. The zero-order valence-corrected chi connectivity index (χ0v) is 30.1. The van der Waals surface area contributed by atoms with Crippen LogP contribution in [0.4, 0.5) is 0 Å². The minimum absolute atomic E-state index is 0.647. The van der Waals surface area contributed by atoms with Crippen molar-refractivity contribution in [2.75, 3.05) is 0 Å². The zero-order chi connectivity index (χ0) is 36.5. The van der Waals surface area contributed by atoms with Crippen molar-refractivity contribution in [3.8, 4) is 67.7 Å². The summed E-state index contributed by atoms with van der Waals surface area (Å²) in [5, 5.41) is 2.28. The van der Waals surface area contributed by atoms with Gasteiger partial charge in [0.25, 0.3) is 0 Å². The predicted octanol–water partition coefficient (Wildman–Crippen LogP) is 12.5. The first-order valence-corrected chi connectivity index (χ1v) is 18.7. The smallest absolute Gasteiger partial charge is 0.161 e. The van der Waals surface area contributed by atoms with Crippen LogP contribution in [-0.2, 0) is 5.41 Å². The van der Waals surface area contributed by atoms with Crippen LogP contribution in [0.1, 0.15) is 27.9 Å². The standard InChI is InChI=1S/C51H33N3O/c1-32-36(22-13-29-52-32)35-27-28-48-44(30-35)51(42-24-9-10-26-47(42)55-48)41-23-8-7-19-39(41)49-40(21-12-25-43(49)51)46-31-45(34-15-3-2-4-16-34)53-50(54-46)38-20-11-17-33-14-5-6-18-37(33)38/h2-31H,1H3. The van der Waals surface area contributed by atoms with E-state index in [1.807, 2.05) is 18.3 Å². The average molecular weight is 704 g/mol. The van der Waals surface area contributed by atoms with Crippen molar-refractivity contribution in [1.29, 1.82) is 0 Å². The molecule has 1 aliphatic carbocycles. The van der Waals surface area contributed by atoms with E-state index in [1.54, 1.807) is 0 Å². The molecule has 4 heteroatoms. The fourth-order valence-corrected chi connectivity index (χ4v) is 9.00. The number of fused-ring (bicyclic) bond motifs is 10. The Labute approximate surface area is 319 Å². The van der Waals surface area contributed by atoms with Gasteiger partial charge in [0, 0.05) is 45.3 Å². The molecule has 1 atom stereocenters. The second kappa shape index (κ2) is 12.2. The van der Waals surface area contributed by atoms with Crippen molar-refractivity contribution in [2.24, 2.45) is 0 Å². The van der Waals surface area contributed by atoms with Crippen molar-refractivity contribution in [1.82, 2.24) is 15.0 Å². The molecule has 55 heavy (non-hydrogen) atoms. The van der Waals surface area contributed by atoms with E-state index >= 15 is 0 Å². The van der Waals surface area contributed by atoms with E-state index in [0.717, 1.165) is 78.3 Å². The molecule has 0 N–H and O–H groups in total. The van der Waals surface area contributed by atoms with Crippen molar-refractivity contribution in [2.45, 2.75) is 12.3 Å². The second-order valence-corrected chi connectivity index (χ2v) is 14.3. The third kappa shape index (κ3) is 4.68. The first kappa shape index (κ1) is 31.4. The summed E-state index contributed by atoms with van der Waals surface area (Å²) in [6.07, 6.45) is 1.85. The second-order valence-electron chi connectivity index (χ2n) is 14.3. The summed E-state index contributed by atoms with van der Waals surface area (Å²) in [5.74, 6) is 2.41. The quantitative estimate of drug-likeness (QED) is 0.183. The van der Waals surface area contributed by atoms with Gasteiger partial charge in [-0.1, -0.05) is 146 Å². The number of para-hydroxylation sites is 1. The lowest BCUT2D eigenvalue weighted by atomic mass is 9.65. The summed E-state index contributed by atoms with van der Waals surface area (Å²) in [6, 6.07) is 62.3. The summed E-state index contributed by atoms with van der Waals surface area (Å²) in [6.45, 7) is 2.07. The van der Waals surface area contributed by atoms with Crippen LogP contribution in [0.25, 0.3) is 66.9 Å². The Morgan fingerprint density at radius 2 is 1.13 bits per heavy atom. The van der Waals surface area contributed by atoms with Gasteiger partial charge in [-0.05, 0) is 75.8 Å². The molecule has 0 saturated carbocycles. The maximum atomic E-state index is 6.76. The van der Waals surface area contributed by atoms with Gasteiger partial charge in [-0.15, -0.1) is 0 Å². The van der Waals surface area contributed by atoms with Crippen LogP contribution in [0.15, 0.2) is 182 Å². The van der Waals surface area contributed by atoms with E-state index in [-0.39, 0.29) is 0 Å². The van der Waals surface area contributed by atoms with Crippen molar-refractivity contribution >= 4 is 10.8 Å². The molecule has 1 aliphatic heterocycles. The topological polar surface area (TPSA) is 47.9 Å². The fraction of sp³-hybridized carbons (Fsp3) is 0.0392. The molecule has 258 valence electrons. The summed E-state index contributed by atoms with van der Waals surface area (Å²) in [4.78, 5) is 15.3.